The molecule has 7 nitrogen and oxygen atoms in total. The van der Waals surface area contributed by atoms with Gasteiger partial charge in [-0.05, 0) is 49.2 Å². The summed E-state index contributed by atoms with van der Waals surface area (Å²) in [4.78, 5) is 10.0. The normalized spacial score (nSPS) is 10.8. The zero-order valence-electron chi connectivity index (χ0n) is 12.4. The molecule has 8 heteroatoms. The molecule has 0 saturated heterocycles. The number of aryl methyl sites for hydroxylation is 2. The number of anilines is 1. The highest BCUT2D eigenvalue weighted by Crippen LogP contribution is 2.29. The molecule has 0 heterocycles. The van der Waals surface area contributed by atoms with E-state index in [1.54, 1.807) is 13.8 Å². The quantitative estimate of drug-likeness (QED) is 0.683. The van der Waals surface area contributed by atoms with Crippen molar-refractivity contribution in [3.63, 3.8) is 0 Å². The third kappa shape index (κ3) is 3.46. The summed E-state index contributed by atoms with van der Waals surface area (Å²) in [5.74, 6) is 0. The molecule has 0 aliphatic carbocycles. The standard InChI is InChI=1S/C15H13N3O4S/c1-10-6-14(18(19)20)15(7-11(10)2)23(21,22)17-13-5-3-4-12(8-13)9-16/h3-8,17H,1-2H3. The monoisotopic (exact) mass is 331 g/mol. The molecule has 2 aromatic rings. The molecule has 0 fully saturated rings. The van der Waals surface area contributed by atoms with E-state index in [0.29, 0.717) is 11.1 Å². The molecule has 0 amide bonds. The summed E-state index contributed by atoms with van der Waals surface area (Å²) in [5.41, 5.74) is 1.21. The minimum absolute atomic E-state index is 0.163. The second-order valence-electron chi connectivity index (χ2n) is 4.96. The minimum atomic E-state index is -4.15. The molecule has 1 N–H and O–H groups in total. The van der Waals surface area contributed by atoms with Crippen LogP contribution in [0.15, 0.2) is 41.3 Å². The smallest absolute Gasteiger partial charge is 0.279 e. The van der Waals surface area contributed by atoms with E-state index in [-0.39, 0.29) is 11.3 Å². The van der Waals surface area contributed by atoms with Gasteiger partial charge < -0.3 is 0 Å². The van der Waals surface area contributed by atoms with Gasteiger partial charge in [0.1, 0.15) is 0 Å². The maximum Gasteiger partial charge on any atom is 0.290 e. The van der Waals surface area contributed by atoms with Crippen LogP contribution in [-0.2, 0) is 10.0 Å². The van der Waals surface area contributed by atoms with Gasteiger partial charge in [-0.1, -0.05) is 6.07 Å². The van der Waals surface area contributed by atoms with Crippen molar-refractivity contribution in [2.45, 2.75) is 18.7 Å². The van der Waals surface area contributed by atoms with Crippen molar-refractivity contribution < 1.29 is 13.3 Å². The van der Waals surface area contributed by atoms with Gasteiger partial charge in [0, 0.05) is 6.07 Å². The first-order chi connectivity index (χ1) is 10.7. The molecule has 0 bridgehead atoms. The SMILES string of the molecule is Cc1cc([N+](=O)[O-])c(S(=O)(=O)Nc2cccc(C#N)c2)cc1C. The number of nitro benzene ring substituents is 1. The molecular formula is C15H13N3O4S. The van der Waals surface area contributed by atoms with Crippen LogP contribution in [0.25, 0.3) is 0 Å². The largest absolute Gasteiger partial charge is 0.290 e. The Balaban J connectivity index is 2.53. The van der Waals surface area contributed by atoms with Crippen molar-refractivity contribution in [1.82, 2.24) is 0 Å². The second-order valence-corrected chi connectivity index (χ2v) is 6.61. The Morgan fingerprint density at radius 3 is 2.43 bits per heavy atom. The van der Waals surface area contributed by atoms with E-state index in [1.165, 1.54) is 36.4 Å². The highest BCUT2D eigenvalue weighted by atomic mass is 32.2. The summed E-state index contributed by atoms with van der Waals surface area (Å²) < 4.78 is 27.3. The Bertz CT molecular complexity index is 930. The van der Waals surface area contributed by atoms with E-state index in [2.05, 4.69) is 4.72 Å². The lowest BCUT2D eigenvalue weighted by Gasteiger charge is -2.10. The van der Waals surface area contributed by atoms with E-state index in [0.717, 1.165) is 0 Å². The number of hydrogen-bond acceptors (Lipinski definition) is 5. The maximum absolute atomic E-state index is 12.5. The first-order valence-corrected chi connectivity index (χ1v) is 8.01. The Morgan fingerprint density at radius 2 is 1.83 bits per heavy atom. The van der Waals surface area contributed by atoms with Gasteiger partial charge in [0.15, 0.2) is 4.90 Å². The predicted octanol–water partition coefficient (Wildman–Crippen LogP) is 2.88. The number of nitrogens with one attached hydrogen (secondary N) is 1. The van der Waals surface area contributed by atoms with Gasteiger partial charge >= 0.3 is 0 Å². The Morgan fingerprint density at radius 1 is 1.17 bits per heavy atom. The fourth-order valence-corrected chi connectivity index (χ4v) is 3.28. The van der Waals surface area contributed by atoms with Gasteiger partial charge in [-0.3, -0.25) is 14.8 Å². The first-order valence-electron chi connectivity index (χ1n) is 6.53. The summed E-state index contributed by atoms with van der Waals surface area (Å²) in [6.45, 7) is 3.34. The van der Waals surface area contributed by atoms with E-state index in [1.807, 2.05) is 6.07 Å². The molecule has 0 radical (unpaired) electrons. The molecule has 2 aromatic carbocycles. The van der Waals surface area contributed by atoms with Crippen LogP contribution >= 0.6 is 0 Å². The highest BCUT2D eigenvalue weighted by molar-refractivity contribution is 7.92. The van der Waals surface area contributed by atoms with E-state index >= 15 is 0 Å². The number of nitro groups is 1. The number of hydrogen-bond donors (Lipinski definition) is 1. The Hall–Kier alpha value is -2.92. The van der Waals surface area contributed by atoms with Gasteiger partial charge in [0.25, 0.3) is 15.7 Å². The highest BCUT2D eigenvalue weighted by Gasteiger charge is 2.27. The van der Waals surface area contributed by atoms with Crippen molar-refractivity contribution in [3.8, 4) is 6.07 Å². The third-order valence-electron chi connectivity index (χ3n) is 3.31. The van der Waals surface area contributed by atoms with Gasteiger partial charge in [0.2, 0.25) is 0 Å². The van der Waals surface area contributed by atoms with Crippen LogP contribution in [-0.4, -0.2) is 13.3 Å². The van der Waals surface area contributed by atoms with Crippen LogP contribution < -0.4 is 4.72 Å². The lowest BCUT2D eigenvalue weighted by atomic mass is 10.1. The summed E-state index contributed by atoms with van der Waals surface area (Å²) in [7, 11) is -4.15. The summed E-state index contributed by atoms with van der Waals surface area (Å²) in [6.07, 6.45) is 0. The van der Waals surface area contributed by atoms with Gasteiger partial charge in [-0.15, -0.1) is 0 Å². The van der Waals surface area contributed by atoms with E-state index < -0.39 is 25.5 Å². The fourth-order valence-electron chi connectivity index (χ4n) is 1.99. The van der Waals surface area contributed by atoms with E-state index in [4.69, 9.17) is 5.26 Å². The van der Waals surface area contributed by atoms with Crippen molar-refractivity contribution in [2.75, 3.05) is 4.72 Å². The Labute approximate surface area is 133 Å². The van der Waals surface area contributed by atoms with Gasteiger partial charge in [-0.2, -0.15) is 5.26 Å². The molecule has 23 heavy (non-hydrogen) atoms. The zero-order valence-corrected chi connectivity index (χ0v) is 13.2. The number of nitriles is 1. The van der Waals surface area contributed by atoms with Gasteiger partial charge in [0.05, 0.1) is 22.2 Å². The molecular weight excluding hydrogens is 318 g/mol. The lowest BCUT2D eigenvalue weighted by Crippen LogP contribution is -2.15. The predicted molar refractivity (Wildman–Crippen MR) is 84.5 cm³/mol. The maximum atomic E-state index is 12.5. The number of rotatable bonds is 4. The number of sulfonamides is 1. The van der Waals surface area contributed by atoms with E-state index in [9.17, 15) is 18.5 Å². The Kier molecular flexibility index (Phi) is 4.33. The van der Waals surface area contributed by atoms with Crippen LogP contribution in [0.2, 0.25) is 0 Å². The number of benzene rings is 2. The van der Waals surface area contributed by atoms with Crippen molar-refractivity contribution >= 4 is 21.4 Å². The lowest BCUT2D eigenvalue weighted by molar-refractivity contribution is -0.387. The van der Waals surface area contributed by atoms with Crippen molar-refractivity contribution in [2.24, 2.45) is 0 Å². The van der Waals surface area contributed by atoms with Gasteiger partial charge in [-0.25, -0.2) is 8.42 Å². The van der Waals surface area contributed by atoms with Crippen LogP contribution in [0.4, 0.5) is 11.4 Å². The average Bonchev–Trinajstić information content (AvgIpc) is 2.49. The average molecular weight is 331 g/mol. The molecule has 0 saturated carbocycles. The topological polar surface area (TPSA) is 113 Å². The molecule has 118 valence electrons. The van der Waals surface area contributed by atoms with Crippen LogP contribution in [0.3, 0.4) is 0 Å². The first kappa shape index (κ1) is 16.5. The van der Waals surface area contributed by atoms with Crippen molar-refractivity contribution in [1.29, 1.82) is 5.26 Å². The third-order valence-corrected chi connectivity index (χ3v) is 4.72. The second kappa shape index (κ2) is 6.06. The van der Waals surface area contributed by atoms with Crippen LogP contribution in [0.5, 0.6) is 0 Å². The fraction of sp³-hybridized carbons (Fsp3) is 0.133. The molecule has 0 aliphatic rings. The zero-order chi connectivity index (χ0) is 17.2. The molecule has 0 aromatic heterocycles. The molecule has 0 spiro atoms. The van der Waals surface area contributed by atoms with Crippen LogP contribution in [0.1, 0.15) is 16.7 Å². The molecule has 2 rings (SSSR count). The van der Waals surface area contributed by atoms with Crippen molar-refractivity contribution in [3.05, 3.63) is 63.2 Å². The molecule has 0 unspecified atom stereocenters. The summed E-state index contributed by atoms with van der Waals surface area (Å²) >= 11 is 0. The minimum Gasteiger partial charge on any atom is -0.279 e. The summed E-state index contributed by atoms with van der Waals surface area (Å²) in [5, 5.41) is 20.0. The summed E-state index contributed by atoms with van der Waals surface area (Å²) in [6, 6.07) is 10.3. The van der Waals surface area contributed by atoms with Crippen LogP contribution in [0, 0.1) is 35.3 Å². The molecule has 0 atom stereocenters. The molecule has 0 aliphatic heterocycles. The number of nitrogens with zero attached hydrogens (tertiary/aromatic N) is 2.